The number of thiazole rings is 1. The number of likely N-dealkylation sites (tertiary alicyclic amines) is 1. The number of nitrogen functional groups attached to an aromatic ring is 1. The van der Waals surface area contributed by atoms with E-state index < -0.39 is 18.1 Å². The van der Waals surface area contributed by atoms with E-state index in [9.17, 15) is 19.8 Å². The lowest BCUT2D eigenvalue weighted by Gasteiger charge is -2.29. The number of carbonyl (C=O) groups is 2. The highest BCUT2D eigenvalue weighted by molar-refractivity contribution is 7.13. The molecule has 0 spiro atoms. The smallest absolute Gasteiger partial charge is 0.243 e. The number of phenols is 1. The van der Waals surface area contributed by atoms with Gasteiger partial charge in [0.25, 0.3) is 0 Å². The minimum absolute atomic E-state index is 0.0402. The van der Waals surface area contributed by atoms with E-state index in [0.717, 1.165) is 32.8 Å². The summed E-state index contributed by atoms with van der Waals surface area (Å²) in [5.41, 5.74) is 14.7. The highest BCUT2D eigenvalue weighted by atomic mass is 32.1. The van der Waals surface area contributed by atoms with Crippen LogP contribution in [0.5, 0.6) is 5.75 Å². The molecule has 1 aliphatic heterocycles. The minimum atomic E-state index is -0.841. The number of aryl methyl sites for hydroxylation is 1. The third-order valence-corrected chi connectivity index (χ3v) is 10.9. The number of amides is 2. The number of aliphatic hydroxyl groups is 1. The number of hydrogen-bond donors (Lipinski definition) is 4. The highest BCUT2D eigenvalue weighted by Gasteiger charge is 2.43. The second-order valence-corrected chi connectivity index (χ2v) is 14.8. The van der Waals surface area contributed by atoms with Crippen molar-refractivity contribution in [2.75, 3.05) is 12.3 Å². The third kappa shape index (κ3) is 7.32. The zero-order chi connectivity index (χ0) is 38.1. The van der Waals surface area contributed by atoms with Crippen LogP contribution in [0.1, 0.15) is 56.2 Å². The van der Waals surface area contributed by atoms with Crippen LogP contribution in [0, 0.1) is 12.8 Å². The molecule has 0 bridgehead atoms. The highest BCUT2D eigenvalue weighted by Crippen LogP contribution is 2.36. The van der Waals surface area contributed by atoms with E-state index in [0.29, 0.717) is 28.3 Å². The Morgan fingerprint density at radius 2 is 1.63 bits per heavy atom. The number of phenolic OH excluding ortho intramolecular Hbond substituents is 1. The summed E-state index contributed by atoms with van der Waals surface area (Å²) in [6, 6.07) is 24.8. The van der Waals surface area contributed by atoms with Crippen molar-refractivity contribution in [2.45, 2.75) is 58.2 Å². The lowest BCUT2D eigenvalue weighted by atomic mass is 9.91. The average molecular weight is 744 g/mol. The standard InChI is InChI=1S/C41H41N7O5S/c1-22(2)37(41(52)48-20-29(49)17-34(48)40(51)44-23(3)25-9-15-28(16-10-25)38-24(4)43-21-54-38)36-19-32(47-53-36)27-13-11-26(12-14-27)31-18-33(45-46-39(31)42)30-7-5-6-8-35(30)50/h5-16,18-19,21-23,29,34,37,49-50H,17,20H2,1-4H3,(H2,42,46)(H,44,51)/t23-,29+,34-,37+/m0/s1. The molecular formula is C41H41N7O5S. The Hall–Kier alpha value is -5.92. The first kappa shape index (κ1) is 36.4. The van der Waals surface area contributed by atoms with Crippen LogP contribution < -0.4 is 11.1 Å². The number of aromatic hydroxyl groups is 1. The number of carbonyl (C=O) groups excluding carboxylic acids is 2. The molecule has 3 aromatic heterocycles. The maximum absolute atomic E-state index is 14.2. The second kappa shape index (κ2) is 15.2. The third-order valence-electron chi connectivity index (χ3n) is 9.90. The quantitative estimate of drug-likeness (QED) is 0.117. The molecule has 0 unspecified atom stereocenters. The molecule has 4 atom stereocenters. The number of aromatic nitrogens is 4. The van der Waals surface area contributed by atoms with Crippen molar-refractivity contribution >= 4 is 29.0 Å². The van der Waals surface area contributed by atoms with E-state index in [-0.39, 0.29) is 48.3 Å². The summed E-state index contributed by atoms with van der Waals surface area (Å²) in [6.45, 7) is 7.75. The molecule has 276 valence electrons. The van der Waals surface area contributed by atoms with Crippen molar-refractivity contribution in [1.29, 1.82) is 0 Å². The molecule has 1 saturated heterocycles. The number of nitrogens with zero attached hydrogens (tertiary/aromatic N) is 5. The average Bonchev–Trinajstić information content (AvgIpc) is 3.92. The molecule has 12 nitrogen and oxygen atoms in total. The van der Waals surface area contributed by atoms with Gasteiger partial charge in [0.15, 0.2) is 5.82 Å². The van der Waals surface area contributed by atoms with E-state index in [4.69, 9.17) is 10.3 Å². The van der Waals surface area contributed by atoms with Crippen molar-refractivity contribution in [3.63, 3.8) is 0 Å². The van der Waals surface area contributed by atoms with Crippen molar-refractivity contribution in [1.82, 2.24) is 30.6 Å². The molecule has 6 aromatic rings. The van der Waals surface area contributed by atoms with Crippen LogP contribution in [0.4, 0.5) is 5.82 Å². The molecule has 0 aliphatic carbocycles. The molecule has 5 N–H and O–H groups in total. The summed E-state index contributed by atoms with van der Waals surface area (Å²) in [6.07, 6.45) is -0.698. The molecule has 0 saturated carbocycles. The minimum Gasteiger partial charge on any atom is -0.507 e. The first-order chi connectivity index (χ1) is 26.0. The van der Waals surface area contributed by atoms with Gasteiger partial charge in [-0.1, -0.05) is 79.7 Å². The Bertz CT molecular complexity index is 2290. The van der Waals surface area contributed by atoms with Crippen LogP contribution >= 0.6 is 11.3 Å². The molecule has 0 radical (unpaired) electrons. The van der Waals surface area contributed by atoms with Gasteiger partial charge in [0.05, 0.1) is 33.9 Å². The fraction of sp³-hybridized carbons (Fsp3) is 0.268. The molecule has 1 aliphatic rings. The molecule has 54 heavy (non-hydrogen) atoms. The number of rotatable bonds is 10. The largest absolute Gasteiger partial charge is 0.507 e. The van der Waals surface area contributed by atoms with Crippen LogP contribution in [-0.4, -0.2) is 66.0 Å². The maximum Gasteiger partial charge on any atom is 0.243 e. The van der Waals surface area contributed by atoms with E-state index in [1.165, 1.54) is 4.90 Å². The molecule has 13 heteroatoms. The van der Waals surface area contributed by atoms with Crippen LogP contribution in [0.15, 0.2) is 95.0 Å². The van der Waals surface area contributed by atoms with Gasteiger partial charge in [-0.3, -0.25) is 9.59 Å². The summed E-state index contributed by atoms with van der Waals surface area (Å²) >= 11 is 1.58. The van der Waals surface area contributed by atoms with E-state index in [1.54, 1.807) is 41.7 Å². The van der Waals surface area contributed by atoms with E-state index >= 15 is 0 Å². The van der Waals surface area contributed by atoms with Crippen LogP contribution in [0.2, 0.25) is 0 Å². The number of anilines is 1. The SMILES string of the molecule is Cc1ncsc1-c1ccc([C@H](C)NC(=O)[C@@H]2C[C@@H](O)CN2C(=O)[C@@H](c2cc(-c3ccc(-c4cc(-c5ccccc5O)nnc4N)cc3)no2)C(C)C)cc1. The first-order valence-corrected chi connectivity index (χ1v) is 18.6. The van der Waals surface area contributed by atoms with Crippen LogP contribution in [0.25, 0.3) is 44.1 Å². The van der Waals surface area contributed by atoms with E-state index in [1.807, 2.05) is 87.8 Å². The normalized spacial score (nSPS) is 16.7. The fourth-order valence-electron chi connectivity index (χ4n) is 6.96. The molecule has 1 fully saturated rings. The number of aliphatic hydroxyl groups excluding tert-OH is 1. The Kier molecular flexibility index (Phi) is 10.3. The van der Waals surface area contributed by atoms with Gasteiger partial charge in [-0.15, -0.1) is 21.5 Å². The topological polar surface area (TPSA) is 181 Å². The summed E-state index contributed by atoms with van der Waals surface area (Å²) in [4.78, 5) is 34.8. The van der Waals surface area contributed by atoms with Gasteiger partial charge in [0.1, 0.15) is 29.2 Å². The van der Waals surface area contributed by atoms with Gasteiger partial charge in [0.2, 0.25) is 11.8 Å². The molecule has 3 aromatic carbocycles. The Balaban J connectivity index is 1.06. The molecule has 2 amide bonds. The van der Waals surface area contributed by atoms with Crippen molar-refractivity contribution in [3.8, 4) is 49.8 Å². The molecular weight excluding hydrogens is 703 g/mol. The molecule has 7 rings (SSSR count). The van der Waals surface area contributed by atoms with Gasteiger partial charge in [-0.05, 0) is 54.7 Å². The van der Waals surface area contributed by atoms with E-state index in [2.05, 4.69) is 25.7 Å². The van der Waals surface area contributed by atoms with Gasteiger partial charge in [-0.25, -0.2) is 4.98 Å². The summed E-state index contributed by atoms with van der Waals surface area (Å²) in [5, 5.41) is 36.6. The lowest BCUT2D eigenvalue weighted by Crippen LogP contribution is -2.48. The Morgan fingerprint density at radius 3 is 2.31 bits per heavy atom. The van der Waals surface area contributed by atoms with Crippen LogP contribution in [0.3, 0.4) is 0 Å². The number of benzene rings is 3. The summed E-state index contributed by atoms with van der Waals surface area (Å²) in [7, 11) is 0. The summed E-state index contributed by atoms with van der Waals surface area (Å²) in [5.74, 6) is -0.856. The predicted octanol–water partition coefficient (Wildman–Crippen LogP) is 6.76. The first-order valence-electron chi connectivity index (χ1n) is 17.8. The number of nitrogens with one attached hydrogen (secondary N) is 1. The van der Waals surface area contributed by atoms with Gasteiger partial charge in [0, 0.05) is 35.7 Å². The van der Waals surface area contributed by atoms with Gasteiger partial charge >= 0.3 is 0 Å². The van der Waals surface area contributed by atoms with Gasteiger partial charge in [-0.2, -0.15) is 0 Å². The van der Waals surface area contributed by atoms with Crippen LogP contribution in [-0.2, 0) is 9.59 Å². The zero-order valence-electron chi connectivity index (χ0n) is 30.3. The zero-order valence-corrected chi connectivity index (χ0v) is 31.1. The maximum atomic E-state index is 14.2. The predicted molar refractivity (Wildman–Crippen MR) is 207 cm³/mol. The van der Waals surface area contributed by atoms with Crippen molar-refractivity contribution in [2.24, 2.45) is 5.92 Å². The van der Waals surface area contributed by atoms with Crippen molar-refractivity contribution < 1.29 is 24.3 Å². The lowest BCUT2D eigenvalue weighted by molar-refractivity contribution is -0.141. The second-order valence-electron chi connectivity index (χ2n) is 14.0. The number of para-hydroxylation sites is 1. The number of hydrogen-bond acceptors (Lipinski definition) is 11. The summed E-state index contributed by atoms with van der Waals surface area (Å²) < 4.78 is 5.80. The van der Waals surface area contributed by atoms with Gasteiger partial charge < -0.3 is 30.7 Å². The fourth-order valence-corrected chi connectivity index (χ4v) is 7.77. The van der Waals surface area contributed by atoms with Crippen molar-refractivity contribution in [3.05, 3.63) is 107 Å². The monoisotopic (exact) mass is 743 g/mol. The Labute approximate surface area is 316 Å². The number of nitrogens with two attached hydrogens (primary N) is 1. The molecule has 4 heterocycles. The number of β-amino-alcohol motifs (C(OH)–C–C–N with tert-alkyl or cyclic N) is 1. The Morgan fingerprint density at radius 1 is 0.926 bits per heavy atom.